The van der Waals surface area contributed by atoms with Gasteiger partial charge in [-0.1, -0.05) is 0 Å². The summed E-state index contributed by atoms with van der Waals surface area (Å²) < 4.78 is 5.74. The van der Waals surface area contributed by atoms with Crippen molar-refractivity contribution in [2.24, 2.45) is 0 Å². The van der Waals surface area contributed by atoms with Gasteiger partial charge in [-0.15, -0.1) is 0 Å². The predicted molar refractivity (Wildman–Crippen MR) is 39.2 cm³/mol. The Bertz CT molecular complexity index is 152. The van der Waals surface area contributed by atoms with E-state index >= 15 is 0 Å². The summed E-state index contributed by atoms with van der Waals surface area (Å²) in [6, 6.07) is 0. The summed E-state index contributed by atoms with van der Waals surface area (Å²) in [6.45, 7) is 3.20. The Balaban J connectivity index is 2.43. The molecule has 4 heteroatoms. The van der Waals surface area contributed by atoms with Gasteiger partial charge in [0.2, 0.25) is 0 Å². The maximum Gasteiger partial charge on any atom is 0.359 e. The quantitative estimate of drug-likeness (QED) is 0.556. The van der Waals surface area contributed by atoms with Crippen LogP contribution in [0, 0.1) is 0 Å². The second kappa shape index (κ2) is 3.19. The first kappa shape index (κ1) is 8.49. The number of hydrogen-bond acceptors (Lipinski definition) is 2. The van der Waals surface area contributed by atoms with Crippen molar-refractivity contribution in [1.29, 1.82) is 0 Å². The number of carboxylic acids is 1. The molecule has 1 aliphatic heterocycles. The molecule has 1 fully saturated rings. The van der Waals surface area contributed by atoms with E-state index in [-0.39, 0.29) is 6.54 Å². The van der Waals surface area contributed by atoms with Crippen LogP contribution in [0.1, 0.15) is 0 Å². The lowest BCUT2D eigenvalue weighted by atomic mass is 10.3. The topological polar surface area (TPSA) is 46.5 Å². The molecular weight excluding hydrogens is 146 g/mol. The summed E-state index contributed by atoms with van der Waals surface area (Å²) in [5.41, 5.74) is 0. The fraction of sp³-hybridized carbons (Fsp3) is 0.857. The molecule has 0 aromatic heterocycles. The molecule has 64 valence electrons. The second-order valence-corrected chi connectivity index (χ2v) is 3.23. The molecule has 1 heterocycles. The number of nitrogens with zero attached hydrogens (tertiary/aromatic N) is 1. The summed E-state index contributed by atoms with van der Waals surface area (Å²) in [4.78, 5) is 10.4. The molecule has 0 atom stereocenters. The zero-order valence-electron chi connectivity index (χ0n) is 6.75. The molecule has 1 N–H and O–H groups in total. The lowest BCUT2D eigenvalue weighted by Crippen LogP contribution is -2.54. The molecule has 0 spiro atoms. The van der Waals surface area contributed by atoms with E-state index in [9.17, 15) is 4.79 Å². The summed E-state index contributed by atoms with van der Waals surface area (Å²) in [5, 5.41) is 8.57. The van der Waals surface area contributed by atoms with Gasteiger partial charge < -0.3 is 14.3 Å². The van der Waals surface area contributed by atoms with Gasteiger partial charge in [0.25, 0.3) is 0 Å². The summed E-state index contributed by atoms with van der Waals surface area (Å²) in [6.07, 6.45) is 0. The lowest BCUT2D eigenvalue weighted by molar-refractivity contribution is -0.910. The van der Waals surface area contributed by atoms with Crippen LogP contribution >= 0.6 is 0 Å². The minimum absolute atomic E-state index is 0.212. The molecular formula is C7H14NO3+. The van der Waals surface area contributed by atoms with E-state index < -0.39 is 5.97 Å². The number of likely N-dealkylation sites (N-methyl/N-ethyl adjacent to an activating group) is 1. The molecule has 0 amide bonds. The van der Waals surface area contributed by atoms with Crippen LogP contribution in [0.5, 0.6) is 0 Å². The normalized spacial score (nSPS) is 23.0. The number of carbonyl (C=O) groups is 1. The van der Waals surface area contributed by atoms with Gasteiger partial charge >= 0.3 is 5.97 Å². The Hall–Kier alpha value is -0.610. The molecule has 0 unspecified atom stereocenters. The van der Waals surface area contributed by atoms with E-state index in [0.29, 0.717) is 17.7 Å². The summed E-state index contributed by atoms with van der Waals surface area (Å²) in [5.74, 6) is -0.727. The van der Waals surface area contributed by atoms with Crippen LogP contribution in [-0.4, -0.2) is 55.5 Å². The number of hydrogen-bond donors (Lipinski definition) is 1. The Morgan fingerprint density at radius 2 is 2.09 bits per heavy atom. The third kappa shape index (κ3) is 2.48. The maximum atomic E-state index is 10.4. The molecule has 1 saturated heterocycles. The van der Waals surface area contributed by atoms with Gasteiger partial charge in [0.1, 0.15) is 13.1 Å². The van der Waals surface area contributed by atoms with Crippen molar-refractivity contribution in [3.8, 4) is 0 Å². The fourth-order valence-corrected chi connectivity index (χ4v) is 1.27. The summed E-state index contributed by atoms with van der Waals surface area (Å²) >= 11 is 0. The highest BCUT2D eigenvalue weighted by Crippen LogP contribution is 2.06. The number of aliphatic carboxylic acids is 1. The Labute approximate surface area is 66.0 Å². The van der Waals surface area contributed by atoms with Gasteiger partial charge in [0.05, 0.1) is 20.3 Å². The van der Waals surface area contributed by atoms with Crippen molar-refractivity contribution < 1.29 is 19.1 Å². The zero-order valence-corrected chi connectivity index (χ0v) is 6.75. The molecule has 0 aromatic rings. The smallest absolute Gasteiger partial charge is 0.359 e. The van der Waals surface area contributed by atoms with E-state index in [1.807, 2.05) is 7.05 Å². The highest BCUT2D eigenvalue weighted by Gasteiger charge is 2.27. The van der Waals surface area contributed by atoms with Crippen molar-refractivity contribution in [3.63, 3.8) is 0 Å². The van der Waals surface area contributed by atoms with Crippen LogP contribution in [0.4, 0.5) is 0 Å². The minimum atomic E-state index is -0.727. The zero-order chi connectivity index (χ0) is 8.32. The van der Waals surface area contributed by atoms with Crippen LogP contribution in [0.25, 0.3) is 0 Å². The molecule has 0 aliphatic carbocycles. The van der Waals surface area contributed by atoms with Crippen LogP contribution in [-0.2, 0) is 9.53 Å². The molecule has 0 aromatic carbocycles. The van der Waals surface area contributed by atoms with Gasteiger partial charge in [0, 0.05) is 0 Å². The van der Waals surface area contributed by atoms with Gasteiger partial charge in [-0.05, 0) is 0 Å². The van der Waals surface area contributed by atoms with Crippen LogP contribution in [0.2, 0.25) is 0 Å². The standard InChI is InChI=1S/C7H13NO3/c1-8(6-7(9)10)2-4-11-5-3-8/h2-6H2,1H3/p+1. The average molecular weight is 160 g/mol. The number of carboxylic acid groups (broad SMARTS) is 1. The molecule has 4 nitrogen and oxygen atoms in total. The van der Waals surface area contributed by atoms with Crippen LogP contribution < -0.4 is 0 Å². The monoisotopic (exact) mass is 160 g/mol. The maximum absolute atomic E-state index is 10.4. The molecule has 0 radical (unpaired) electrons. The molecule has 0 bridgehead atoms. The van der Waals surface area contributed by atoms with Gasteiger partial charge in [-0.3, -0.25) is 0 Å². The van der Waals surface area contributed by atoms with Crippen molar-refractivity contribution in [3.05, 3.63) is 0 Å². The minimum Gasteiger partial charge on any atom is -0.477 e. The van der Waals surface area contributed by atoms with E-state index in [1.54, 1.807) is 0 Å². The molecule has 1 aliphatic rings. The third-order valence-corrected chi connectivity index (χ3v) is 2.07. The Morgan fingerprint density at radius 1 is 1.55 bits per heavy atom. The van der Waals surface area contributed by atoms with Crippen molar-refractivity contribution in [2.45, 2.75) is 0 Å². The van der Waals surface area contributed by atoms with E-state index in [0.717, 1.165) is 13.1 Å². The van der Waals surface area contributed by atoms with E-state index in [2.05, 4.69) is 0 Å². The van der Waals surface area contributed by atoms with Gasteiger partial charge in [0.15, 0.2) is 6.54 Å². The van der Waals surface area contributed by atoms with Crippen LogP contribution in [0.15, 0.2) is 0 Å². The van der Waals surface area contributed by atoms with Crippen molar-refractivity contribution in [1.82, 2.24) is 0 Å². The van der Waals surface area contributed by atoms with E-state index in [4.69, 9.17) is 9.84 Å². The van der Waals surface area contributed by atoms with E-state index in [1.165, 1.54) is 0 Å². The highest BCUT2D eigenvalue weighted by atomic mass is 16.5. The number of ether oxygens (including phenoxy) is 1. The molecule has 0 saturated carbocycles. The van der Waals surface area contributed by atoms with Gasteiger partial charge in [-0.2, -0.15) is 0 Å². The fourth-order valence-electron chi connectivity index (χ4n) is 1.27. The second-order valence-electron chi connectivity index (χ2n) is 3.23. The third-order valence-electron chi connectivity index (χ3n) is 2.07. The first-order valence-electron chi connectivity index (χ1n) is 3.75. The number of rotatable bonds is 2. The van der Waals surface area contributed by atoms with Crippen molar-refractivity contribution in [2.75, 3.05) is 39.9 Å². The van der Waals surface area contributed by atoms with Crippen molar-refractivity contribution >= 4 is 5.97 Å². The number of morpholine rings is 1. The average Bonchev–Trinajstić information content (AvgIpc) is 1.85. The SMILES string of the molecule is C[N+]1(CC(=O)O)CCOCC1. The Kier molecular flexibility index (Phi) is 2.46. The number of quaternary nitrogens is 1. The predicted octanol–water partition coefficient (Wildman–Crippen LogP) is -0.452. The largest absolute Gasteiger partial charge is 0.477 e. The van der Waals surface area contributed by atoms with Gasteiger partial charge in [-0.25, -0.2) is 4.79 Å². The highest BCUT2D eigenvalue weighted by molar-refractivity contribution is 5.67. The van der Waals surface area contributed by atoms with Crippen LogP contribution in [0.3, 0.4) is 0 Å². The Morgan fingerprint density at radius 3 is 2.55 bits per heavy atom. The summed E-state index contributed by atoms with van der Waals surface area (Å²) in [7, 11) is 1.96. The molecule has 11 heavy (non-hydrogen) atoms. The lowest BCUT2D eigenvalue weighted by Gasteiger charge is -2.35. The molecule has 1 rings (SSSR count). The first-order chi connectivity index (χ1) is 5.12. The first-order valence-corrected chi connectivity index (χ1v) is 3.75.